The fraction of sp³-hybridized carbons (Fsp3) is 0.625. The van der Waals surface area contributed by atoms with Gasteiger partial charge in [0.05, 0.1) is 14.2 Å². The average Bonchev–Trinajstić information content (AvgIpc) is 3.14. The molecule has 0 bridgehead atoms. The van der Waals surface area contributed by atoms with Crippen molar-refractivity contribution in [1.82, 2.24) is 5.32 Å². The van der Waals surface area contributed by atoms with E-state index in [1.165, 1.54) is 29.5 Å². The summed E-state index contributed by atoms with van der Waals surface area (Å²) in [4.78, 5) is 0. The third kappa shape index (κ3) is 2.71. The maximum Gasteiger partial charge on any atom is 0.125 e. The average molecular weight is 263 g/mol. The van der Waals surface area contributed by atoms with E-state index in [4.69, 9.17) is 9.47 Å². The number of nitrogens with one attached hydrogen (secondary N) is 1. The summed E-state index contributed by atoms with van der Waals surface area (Å²) in [7, 11) is 5.52. The predicted molar refractivity (Wildman–Crippen MR) is 78.3 cm³/mol. The van der Waals surface area contributed by atoms with Crippen molar-refractivity contribution in [3.8, 4) is 11.5 Å². The monoisotopic (exact) mass is 263 g/mol. The number of benzene rings is 1. The lowest BCUT2D eigenvalue weighted by Crippen LogP contribution is -2.22. The van der Waals surface area contributed by atoms with Crippen LogP contribution in [0.25, 0.3) is 0 Å². The van der Waals surface area contributed by atoms with Crippen LogP contribution in [0, 0.1) is 19.3 Å². The Morgan fingerprint density at radius 1 is 1.16 bits per heavy atom. The summed E-state index contributed by atoms with van der Waals surface area (Å²) in [5.74, 6) is 1.99. The minimum Gasteiger partial charge on any atom is -0.496 e. The van der Waals surface area contributed by atoms with Gasteiger partial charge >= 0.3 is 0 Å². The van der Waals surface area contributed by atoms with Crippen molar-refractivity contribution >= 4 is 0 Å². The Labute approximate surface area is 116 Å². The summed E-state index contributed by atoms with van der Waals surface area (Å²) in [6, 6.07) is 2.15. The van der Waals surface area contributed by atoms with Gasteiger partial charge in [-0.05, 0) is 68.3 Å². The summed E-state index contributed by atoms with van der Waals surface area (Å²) < 4.78 is 11.1. The zero-order chi connectivity index (χ0) is 14.0. The van der Waals surface area contributed by atoms with Gasteiger partial charge in [0.1, 0.15) is 11.5 Å². The number of hydrogen-bond acceptors (Lipinski definition) is 3. The number of hydrogen-bond donors (Lipinski definition) is 1. The molecule has 2 rings (SSSR count). The van der Waals surface area contributed by atoms with Gasteiger partial charge in [-0.25, -0.2) is 0 Å². The van der Waals surface area contributed by atoms with Crippen molar-refractivity contribution in [2.24, 2.45) is 5.41 Å². The first kappa shape index (κ1) is 14.2. The zero-order valence-corrected chi connectivity index (χ0v) is 12.7. The summed E-state index contributed by atoms with van der Waals surface area (Å²) in [5, 5.41) is 3.31. The Morgan fingerprint density at radius 3 is 2.32 bits per heavy atom. The fourth-order valence-electron chi connectivity index (χ4n) is 2.93. The van der Waals surface area contributed by atoms with E-state index < -0.39 is 0 Å². The summed E-state index contributed by atoms with van der Waals surface area (Å²) in [5.41, 5.74) is 4.06. The van der Waals surface area contributed by atoms with Crippen molar-refractivity contribution in [3.05, 3.63) is 22.8 Å². The largest absolute Gasteiger partial charge is 0.496 e. The topological polar surface area (TPSA) is 30.5 Å². The maximum absolute atomic E-state index is 5.63. The van der Waals surface area contributed by atoms with Gasteiger partial charge < -0.3 is 14.8 Å². The van der Waals surface area contributed by atoms with Gasteiger partial charge in [-0.15, -0.1) is 0 Å². The van der Waals surface area contributed by atoms with Crippen LogP contribution in [0.2, 0.25) is 0 Å². The second-order valence-corrected chi connectivity index (χ2v) is 5.73. The summed E-state index contributed by atoms with van der Waals surface area (Å²) in [6.45, 7) is 5.27. The van der Waals surface area contributed by atoms with Gasteiger partial charge in [0.25, 0.3) is 0 Å². The van der Waals surface area contributed by atoms with Crippen LogP contribution < -0.4 is 14.8 Å². The van der Waals surface area contributed by atoms with E-state index in [1.807, 2.05) is 7.05 Å². The standard InChI is InChI=1S/C16H25NO2/c1-11-12(2)15(19-5)13(8-14(11)18-4)9-16(6-7-16)10-17-3/h8,17H,6-7,9-10H2,1-5H3. The second-order valence-electron chi connectivity index (χ2n) is 5.73. The summed E-state index contributed by atoms with van der Waals surface area (Å²) in [6.07, 6.45) is 3.66. The molecule has 0 spiro atoms. The van der Waals surface area contributed by atoms with Crippen molar-refractivity contribution in [2.45, 2.75) is 33.1 Å². The highest BCUT2D eigenvalue weighted by Crippen LogP contribution is 2.50. The molecular weight excluding hydrogens is 238 g/mol. The van der Waals surface area contributed by atoms with Crippen LogP contribution >= 0.6 is 0 Å². The van der Waals surface area contributed by atoms with Crippen LogP contribution in [0.3, 0.4) is 0 Å². The van der Waals surface area contributed by atoms with Gasteiger partial charge in [-0.2, -0.15) is 0 Å². The van der Waals surface area contributed by atoms with Crippen LogP contribution in [0.1, 0.15) is 29.5 Å². The SMILES string of the molecule is CNCC1(Cc2cc(OC)c(C)c(C)c2OC)CC1. The molecule has 3 heteroatoms. The molecule has 106 valence electrons. The molecule has 0 heterocycles. The van der Waals surface area contributed by atoms with Gasteiger partial charge in [-0.1, -0.05) is 0 Å². The highest BCUT2D eigenvalue weighted by atomic mass is 16.5. The molecule has 0 unspecified atom stereocenters. The highest BCUT2D eigenvalue weighted by Gasteiger charge is 2.42. The Kier molecular flexibility index (Phi) is 4.04. The van der Waals surface area contributed by atoms with E-state index >= 15 is 0 Å². The van der Waals surface area contributed by atoms with E-state index in [0.29, 0.717) is 5.41 Å². The molecule has 19 heavy (non-hydrogen) atoms. The van der Waals surface area contributed by atoms with Crippen molar-refractivity contribution in [2.75, 3.05) is 27.8 Å². The summed E-state index contributed by atoms with van der Waals surface area (Å²) >= 11 is 0. The Bertz CT molecular complexity index is 464. The van der Waals surface area contributed by atoms with Crippen molar-refractivity contribution in [3.63, 3.8) is 0 Å². The Hall–Kier alpha value is -1.22. The second kappa shape index (κ2) is 5.41. The quantitative estimate of drug-likeness (QED) is 0.856. The molecule has 1 aliphatic rings. The van der Waals surface area contributed by atoms with Crippen molar-refractivity contribution in [1.29, 1.82) is 0 Å². The molecule has 1 fully saturated rings. The van der Waals surface area contributed by atoms with Crippen LogP contribution in [0.4, 0.5) is 0 Å². The van der Waals surface area contributed by atoms with Crippen LogP contribution in [-0.2, 0) is 6.42 Å². The van der Waals surface area contributed by atoms with Crippen LogP contribution in [0.5, 0.6) is 11.5 Å². The predicted octanol–water partition coefficient (Wildman–Crippen LogP) is 2.86. The lowest BCUT2D eigenvalue weighted by Gasteiger charge is -2.20. The fourth-order valence-corrected chi connectivity index (χ4v) is 2.93. The molecule has 0 radical (unpaired) electrons. The number of methoxy groups -OCH3 is 2. The molecule has 1 N–H and O–H groups in total. The number of rotatable bonds is 6. The zero-order valence-electron chi connectivity index (χ0n) is 12.7. The van der Waals surface area contributed by atoms with Gasteiger partial charge in [0.15, 0.2) is 0 Å². The Balaban J connectivity index is 2.36. The smallest absolute Gasteiger partial charge is 0.125 e. The normalized spacial score (nSPS) is 16.3. The van der Waals surface area contributed by atoms with Gasteiger partial charge in [0, 0.05) is 6.54 Å². The van der Waals surface area contributed by atoms with E-state index in [9.17, 15) is 0 Å². The highest BCUT2D eigenvalue weighted by molar-refractivity contribution is 5.53. The van der Waals surface area contributed by atoms with E-state index in [1.54, 1.807) is 14.2 Å². The molecule has 1 aromatic carbocycles. The third-order valence-corrected chi connectivity index (χ3v) is 4.37. The Morgan fingerprint density at radius 2 is 1.84 bits per heavy atom. The molecule has 0 aromatic heterocycles. The van der Waals surface area contributed by atoms with Crippen LogP contribution in [0.15, 0.2) is 6.07 Å². The minimum absolute atomic E-state index is 0.425. The van der Waals surface area contributed by atoms with E-state index in [2.05, 4.69) is 25.2 Å². The van der Waals surface area contributed by atoms with E-state index in [0.717, 1.165) is 24.5 Å². The molecule has 0 amide bonds. The first-order chi connectivity index (χ1) is 9.06. The van der Waals surface area contributed by atoms with Gasteiger partial charge in [-0.3, -0.25) is 0 Å². The minimum atomic E-state index is 0.425. The third-order valence-electron chi connectivity index (χ3n) is 4.37. The van der Waals surface area contributed by atoms with Crippen molar-refractivity contribution < 1.29 is 9.47 Å². The maximum atomic E-state index is 5.63. The lowest BCUT2D eigenvalue weighted by molar-refractivity contribution is 0.385. The molecule has 0 atom stereocenters. The van der Waals surface area contributed by atoms with Crippen LogP contribution in [-0.4, -0.2) is 27.8 Å². The van der Waals surface area contributed by atoms with Gasteiger partial charge in [0.2, 0.25) is 0 Å². The molecule has 1 aliphatic carbocycles. The number of ether oxygens (including phenoxy) is 2. The molecule has 1 saturated carbocycles. The lowest BCUT2D eigenvalue weighted by atomic mass is 9.92. The first-order valence-electron chi connectivity index (χ1n) is 6.92. The molecular formula is C16H25NO2. The van der Waals surface area contributed by atoms with E-state index in [-0.39, 0.29) is 0 Å². The first-order valence-corrected chi connectivity index (χ1v) is 6.92. The molecule has 1 aromatic rings. The molecule has 0 aliphatic heterocycles. The molecule has 0 saturated heterocycles. The molecule has 3 nitrogen and oxygen atoms in total.